The Morgan fingerprint density at radius 1 is 1.56 bits per heavy atom. The number of aliphatic carboxylic acids is 1. The highest BCUT2D eigenvalue weighted by molar-refractivity contribution is 6.32. The molecular weight excluding hydrogens is 237 g/mol. The van der Waals surface area contributed by atoms with E-state index in [0.29, 0.717) is 5.56 Å². The number of carbonyl (C=O) groups is 1. The summed E-state index contributed by atoms with van der Waals surface area (Å²) in [5.41, 5.74) is 5.73. The highest BCUT2D eigenvalue weighted by atomic mass is 35.5. The molecule has 1 unspecified atom stereocenters. The molecule has 4 nitrogen and oxygen atoms in total. The van der Waals surface area contributed by atoms with E-state index < -0.39 is 29.5 Å². The maximum absolute atomic E-state index is 13.1. The minimum Gasteiger partial charge on any atom is -0.504 e. The zero-order valence-corrected chi connectivity index (χ0v) is 9.20. The summed E-state index contributed by atoms with van der Waals surface area (Å²) >= 11 is 5.57. The van der Waals surface area contributed by atoms with Crippen molar-refractivity contribution in [2.45, 2.75) is 18.9 Å². The number of rotatable bonds is 3. The topological polar surface area (TPSA) is 83.5 Å². The van der Waals surface area contributed by atoms with Crippen molar-refractivity contribution in [3.05, 3.63) is 28.5 Å². The number of carboxylic acid groups (broad SMARTS) is 1. The van der Waals surface area contributed by atoms with Gasteiger partial charge in [0.1, 0.15) is 6.04 Å². The Hall–Kier alpha value is -1.33. The quantitative estimate of drug-likeness (QED) is 0.759. The van der Waals surface area contributed by atoms with E-state index in [1.165, 1.54) is 6.07 Å². The lowest BCUT2D eigenvalue weighted by Crippen LogP contribution is -2.35. The molecule has 6 heteroatoms. The van der Waals surface area contributed by atoms with Crippen LogP contribution in [0.4, 0.5) is 4.39 Å². The van der Waals surface area contributed by atoms with E-state index in [1.807, 2.05) is 0 Å². The third-order valence-corrected chi connectivity index (χ3v) is 2.68. The van der Waals surface area contributed by atoms with Crippen molar-refractivity contribution in [1.82, 2.24) is 0 Å². The molecule has 1 rings (SSSR count). The molecule has 1 aromatic carbocycles. The van der Waals surface area contributed by atoms with E-state index in [4.69, 9.17) is 27.5 Å². The molecule has 0 aliphatic rings. The Morgan fingerprint density at radius 3 is 2.56 bits per heavy atom. The third-order valence-electron chi connectivity index (χ3n) is 2.39. The molecule has 0 fully saturated rings. The predicted molar refractivity (Wildman–Crippen MR) is 57.1 cm³/mol. The van der Waals surface area contributed by atoms with E-state index in [1.54, 1.807) is 6.92 Å². The molecule has 0 amide bonds. The van der Waals surface area contributed by atoms with Gasteiger partial charge in [-0.05, 0) is 17.7 Å². The van der Waals surface area contributed by atoms with Gasteiger partial charge in [0.2, 0.25) is 0 Å². The first-order valence-electron chi connectivity index (χ1n) is 4.51. The van der Waals surface area contributed by atoms with Crippen LogP contribution in [0, 0.1) is 5.82 Å². The maximum atomic E-state index is 13.1. The lowest BCUT2D eigenvalue weighted by Gasteiger charge is -2.17. The number of halogens is 2. The monoisotopic (exact) mass is 247 g/mol. The second-order valence-electron chi connectivity index (χ2n) is 3.49. The van der Waals surface area contributed by atoms with Gasteiger partial charge in [0, 0.05) is 5.92 Å². The molecule has 0 aliphatic carbocycles. The van der Waals surface area contributed by atoms with Gasteiger partial charge in [-0.1, -0.05) is 18.5 Å². The average molecular weight is 248 g/mol. The third kappa shape index (κ3) is 2.43. The molecule has 0 radical (unpaired) electrons. The van der Waals surface area contributed by atoms with E-state index in [-0.39, 0.29) is 5.02 Å². The lowest BCUT2D eigenvalue weighted by molar-refractivity contribution is -0.139. The van der Waals surface area contributed by atoms with Gasteiger partial charge in [0.25, 0.3) is 0 Å². The number of aromatic hydroxyl groups is 1. The molecular formula is C10H11ClFNO3. The summed E-state index contributed by atoms with van der Waals surface area (Å²) in [5.74, 6) is -3.34. The van der Waals surface area contributed by atoms with Crippen molar-refractivity contribution >= 4 is 17.6 Å². The van der Waals surface area contributed by atoms with Crippen molar-refractivity contribution in [3.8, 4) is 5.75 Å². The number of benzene rings is 1. The van der Waals surface area contributed by atoms with E-state index in [2.05, 4.69) is 0 Å². The van der Waals surface area contributed by atoms with Crippen molar-refractivity contribution in [3.63, 3.8) is 0 Å². The molecule has 0 aliphatic heterocycles. The van der Waals surface area contributed by atoms with Crippen LogP contribution in [0.5, 0.6) is 5.75 Å². The van der Waals surface area contributed by atoms with Gasteiger partial charge in [-0.25, -0.2) is 4.39 Å². The molecule has 16 heavy (non-hydrogen) atoms. The Labute approximate surface area is 96.4 Å². The first-order chi connectivity index (χ1) is 7.34. The van der Waals surface area contributed by atoms with Gasteiger partial charge in [-0.3, -0.25) is 4.79 Å². The second-order valence-corrected chi connectivity index (χ2v) is 3.89. The van der Waals surface area contributed by atoms with Crippen LogP contribution in [-0.2, 0) is 4.79 Å². The lowest BCUT2D eigenvalue weighted by atomic mass is 9.94. The molecule has 0 saturated heterocycles. The summed E-state index contributed by atoms with van der Waals surface area (Å²) in [6.07, 6.45) is 0. The molecule has 1 aromatic rings. The Morgan fingerprint density at radius 2 is 2.12 bits per heavy atom. The molecule has 0 aromatic heterocycles. The SMILES string of the molecule is CC(c1cc(F)c(O)c(Cl)c1)[C@@H](N)C(=O)O. The van der Waals surface area contributed by atoms with Gasteiger partial charge in [-0.2, -0.15) is 0 Å². The summed E-state index contributed by atoms with van der Waals surface area (Å²) in [6, 6.07) is 1.17. The second kappa shape index (κ2) is 4.67. The van der Waals surface area contributed by atoms with Crippen molar-refractivity contribution < 1.29 is 19.4 Å². The van der Waals surface area contributed by atoms with Crippen LogP contribution in [0.25, 0.3) is 0 Å². The fraction of sp³-hybridized carbons (Fsp3) is 0.300. The standard InChI is InChI=1S/C10H11ClFNO3/c1-4(8(13)10(15)16)5-2-6(11)9(14)7(12)3-5/h2-4,8,14H,13H2,1H3,(H,15,16)/t4?,8-/m1/s1. The van der Waals surface area contributed by atoms with Crippen LogP contribution < -0.4 is 5.73 Å². The van der Waals surface area contributed by atoms with Gasteiger partial charge in [0.05, 0.1) is 5.02 Å². The Bertz CT molecular complexity index is 402. The number of hydrogen-bond donors (Lipinski definition) is 3. The van der Waals surface area contributed by atoms with Crippen molar-refractivity contribution in [2.24, 2.45) is 5.73 Å². The summed E-state index contributed by atoms with van der Waals surface area (Å²) in [6.45, 7) is 1.54. The van der Waals surface area contributed by atoms with E-state index >= 15 is 0 Å². The summed E-state index contributed by atoms with van der Waals surface area (Å²) in [5, 5.41) is 17.6. The maximum Gasteiger partial charge on any atom is 0.321 e. The smallest absolute Gasteiger partial charge is 0.321 e. The number of nitrogens with two attached hydrogens (primary N) is 1. The molecule has 0 heterocycles. The molecule has 88 valence electrons. The molecule has 0 bridgehead atoms. The molecule has 0 spiro atoms. The Balaban J connectivity index is 3.10. The predicted octanol–water partition coefficient (Wildman–Crippen LogP) is 1.70. The summed E-state index contributed by atoms with van der Waals surface area (Å²) in [4.78, 5) is 10.6. The first kappa shape index (κ1) is 12.7. The van der Waals surface area contributed by atoms with Crippen molar-refractivity contribution in [2.75, 3.05) is 0 Å². The van der Waals surface area contributed by atoms with E-state index in [0.717, 1.165) is 6.07 Å². The fourth-order valence-corrected chi connectivity index (χ4v) is 1.49. The average Bonchev–Trinajstić information content (AvgIpc) is 2.22. The Kier molecular flexibility index (Phi) is 3.72. The van der Waals surface area contributed by atoms with Gasteiger partial charge in [-0.15, -0.1) is 0 Å². The summed E-state index contributed by atoms with van der Waals surface area (Å²) in [7, 11) is 0. The van der Waals surface area contributed by atoms with E-state index in [9.17, 15) is 9.18 Å². The zero-order chi connectivity index (χ0) is 12.5. The van der Waals surface area contributed by atoms with Crippen LogP contribution in [0.1, 0.15) is 18.4 Å². The van der Waals surface area contributed by atoms with Crippen LogP contribution in [0.3, 0.4) is 0 Å². The van der Waals surface area contributed by atoms with Crippen LogP contribution >= 0.6 is 11.6 Å². The number of phenolic OH excluding ortho intramolecular Hbond substituents is 1. The highest BCUT2D eigenvalue weighted by Gasteiger charge is 2.23. The molecule has 4 N–H and O–H groups in total. The van der Waals surface area contributed by atoms with Gasteiger partial charge in [0.15, 0.2) is 11.6 Å². The highest BCUT2D eigenvalue weighted by Crippen LogP contribution is 2.31. The van der Waals surface area contributed by atoms with Crippen molar-refractivity contribution in [1.29, 1.82) is 0 Å². The number of carboxylic acids is 1. The zero-order valence-electron chi connectivity index (χ0n) is 8.45. The van der Waals surface area contributed by atoms with Gasteiger partial charge >= 0.3 is 5.97 Å². The fourth-order valence-electron chi connectivity index (χ4n) is 1.27. The largest absolute Gasteiger partial charge is 0.504 e. The normalized spacial score (nSPS) is 14.5. The summed E-state index contributed by atoms with van der Waals surface area (Å²) < 4.78 is 13.1. The van der Waals surface area contributed by atoms with Crippen LogP contribution in [-0.4, -0.2) is 22.2 Å². The molecule has 2 atom stereocenters. The van der Waals surface area contributed by atoms with Gasteiger partial charge < -0.3 is 15.9 Å². The van der Waals surface area contributed by atoms with Crippen LogP contribution in [0.15, 0.2) is 12.1 Å². The number of phenols is 1. The molecule has 0 saturated carbocycles. The number of hydrogen-bond acceptors (Lipinski definition) is 3. The minimum atomic E-state index is -1.18. The first-order valence-corrected chi connectivity index (χ1v) is 4.88. The van der Waals surface area contributed by atoms with Crippen LogP contribution in [0.2, 0.25) is 5.02 Å². The minimum absolute atomic E-state index is 0.167.